The molecule has 1 aromatic carbocycles. The van der Waals surface area contributed by atoms with Crippen molar-refractivity contribution in [2.75, 3.05) is 0 Å². The molecular weight excluding hydrogens is 356 g/mol. The zero-order chi connectivity index (χ0) is 18.8. The second-order valence-electron chi connectivity index (χ2n) is 7.02. The fourth-order valence-electron chi connectivity index (χ4n) is 3.79. The van der Waals surface area contributed by atoms with Gasteiger partial charge in [0, 0.05) is 22.1 Å². The molecule has 0 saturated heterocycles. The first-order chi connectivity index (χ1) is 13.2. The third kappa shape index (κ3) is 3.47. The summed E-state index contributed by atoms with van der Waals surface area (Å²) in [6.07, 6.45) is 7.68. The van der Waals surface area contributed by atoms with E-state index in [0.717, 1.165) is 36.3 Å². The number of hydrogen-bond donors (Lipinski definition) is 2. The fourth-order valence-corrected chi connectivity index (χ4v) is 4.65. The number of nitrogens with one attached hydrogen (secondary N) is 1. The SMILES string of the molecule is Cc1ccc(SCc2[nH]nc3c2[C@@H]([C@H]2C=CCCC2)C(C#N)=C(N)O3)cc1. The van der Waals surface area contributed by atoms with E-state index >= 15 is 0 Å². The molecule has 0 radical (unpaired) electrons. The predicted molar refractivity (Wildman–Crippen MR) is 106 cm³/mol. The van der Waals surface area contributed by atoms with Crippen LogP contribution in [0.3, 0.4) is 0 Å². The Bertz CT molecular complexity index is 936. The lowest BCUT2D eigenvalue weighted by molar-refractivity contribution is 0.354. The van der Waals surface area contributed by atoms with Crippen molar-refractivity contribution < 1.29 is 4.74 Å². The summed E-state index contributed by atoms with van der Waals surface area (Å²) in [5.74, 6) is 1.58. The number of H-pyrrole nitrogens is 1. The van der Waals surface area contributed by atoms with Gasteiger partial charge >= 0.3 is 0 Å². The van der Waals surface area contributed by atoms with Crippen LogP contribution in [0, 0.1) is 24.2 Å². The van der Waals surface area contributed by atoms with E-state index in [-0.39, 0.29) is 17.7 Å². The van der Waals surface area contributed by atoms with Gasteiger partial charge < -0.3 is 10.5 Å². The summed E-state index contributed by atoms with van der Waals surface area (Å²) < 4.78 is 5.66. The molecule has 1 aliphatic heterocycles. The number of nitrogens with two attached hydrogens (primary N) is 1. The van der Waals surface area contributed by atoms with Crippen molar-refractivity contribution in [2.45, 2.75) is 42.8 Å². The smallest absolute Gasteiger partial charge is 0.243 e. The number of aryl methyl sites for hydroxylation is 1. The molecule has 0 amide bonds. The Labute approximate surface area is 163 Å². The monoisotopic (exact) mass is 378 g/mol. The van der Waals surface area contributed by atoms with Gasteiger partial charge in [0.1, 0.15) is 6.07 Å². The Morgan fingerprint density at radius 1 is 1.37 bits per heavy atom. The molecule has 2 aromatic rings. The van der Waals surface area contributed by atoms with E-state index in [2.05, 4.69) is 59.6 Å². The van der Waals surface area contributed by atoms with E-state index in [0.29, 0.717) is 11.5 Å². The summed E-state index contributed by atoms with van der Waals surface area (Å²) in [7, 11) is 0. The van der Waals surface area contributed by atoms with Crippen molar-refractivity contribution in [1.29, 1.82) is 5.26 Å². The summed E-state index contributed by atoms with van der Waals surface area (Å²) in [6.45, 7) is 2.08. The van der Waals surface area contributed by atoms with Crippen molar-refractivity contribution in [2.24, 2.45) is 11.7 Å². The number of rotatable bonds is 4. The van der Waals surface area contributed by atoms with Crippen LogP contribution in [-0.2, 0) is 5.75 Å². The van der Waals surface area contributed by atoms with Gasteiger partial charge in [-0.1, -0.05) is 29.8 Å². The molecule has 3 N–H and O–H groups in total. The first kappa shape index (κ1) is 17.7. The maximum atomic E-state index is 9.72. The number of hydrogen-bond acceptors (Lipinski definition) is 5. The standard InChI is InChI=1S/C21H22N4OS/c1-13-7-9-15(10-8-13)27-12-17-19-18(14-5-3-2-4-6-14)16(11-22)20(23)26-21(19)25-24-17/h3,5,7-10,14,18H,2,4,6,12,23H2,1H3,(H,24,25)/t14-,18-/m0/s1. The summed E-state index contributed by atoms with van der Waals surface area (Å²) in [6, 6.07) is 10.8. The molecule has 1 aromatic heterocycles. The van der Waals surface area contributed by atoms with Gasteiger partial charge in [0.2, 0.25) is 11.8 Å². The van der Waals surface area contributed by atoms with Gasteiger partial charge in [0.05, 0.1) is 11.3 Å². The zero-order valence-electron chi connectivity index (χ0n) is 15.2. The number of aromatic nitrogens is 2. The van der Waals surface area contributed by atoms with Crippen molar-refractivity contribution in [3.05, 3.63) is 64.7 Å². The molecule has 2 aliphatic rings. The van der Waals surface area contributed by atoms with Gasteiger partial charge in [0.15, 0.2) is 0 Å². The highest BCUT2D eigenvalue weighted by atomic mass is 32.2. The van der Waals surface area contributed by atoms with Gasteiger partial charge in [-0.15, -0.1) is 16.9 Å². The lowest BCUT2D eigenvalue weighted by Gasteiger charge is -2.30. The normalized spacial score (nSPS) is 21.5. The highest BCUT2D eigenvalue weighted by Crippen LogP contribution is 2.46. The Hall–Kier alpha value is -2.65. The van der Waals surface area contributed by atoms with Crippen molar-refractivity contribution in [1.82, 2.24) is 10.2 Å². The largest absolute Gasteiger partial charge is 0.420 e. The molecule has 1 aliphatic carbocycles. The van der Waals surface area contributed by atoms with Crippen LogP contribution in [0.25, 0.3) is 0 Å². The van der Waals surface area contributed by atoms with Crippen LogP contribution in [0.1, 0.15) is 42.0 Å². The Morgan fingerprint density at radius 2 is 2.19 bits per heavy atom. The maximum absolute atomic E-state index is 9.72. The number of aromatic amines is 1. The molecule has 27 heavy (non-hydrogen) atoms. The van der Waals surface area contributed by atoms with Gasteiger partial charge in [-0.05, 0) is 44.2 Å². The Kier molecular flexibility index (Phi) is 4.95. The predicted octanol–water partition coefficient (Wildman–Crippen LogP) is 4.54. The van der Waals surface area contributed by atoms with E-state index in [4.69, 9.17) is 10.5 Å². The third-order valence-corrected chi connectivity index (χ3v) is 6.22. The summed E-state index contributed by atoms with van der Waals surface area (Å²) in [4.78, 5) is 1.20. The van der Waals surface area contributed by atoms with Crippen LogP contribution < -0.4 is 10.5 Å². The quantitative estimate of drug-likeness (QED) is 0.602. The minimum absolute atomic E-state index is 0.0948. The van der Waals surface area contributed by atoms with Crippen molar-refractivity contribution >= 4 is 11.8 Å². The second kappa shape index (κ2) is 7.53. The first-order valence-corrected chi connectivity index (χ1v) is 10.2. The third-order valence-electron chi connectivity index (χ3n) is 5.19. The second-order valence-corrected chi connectivity index (χ2v) is 8.06. The molecule has 2 atom stereocenters. The average molecular weight is 379 g/mol. The molecule has 0 bridgehead atoms. The number of thioether (sulfide) groups is 1. The molecular formula is C21H22N4OS. The molecule has 6 heteroatoms. The molecule has 0 saturated carbocycles. The topological polar surface area (TPSA) is 87.7 Å². The number of fused-ring (bicyclic) bond motifs is 1. The zero-order valence-corrected chi connectivity index (χ0v) is 16.1. The molecule has 0 unspecified atom stereocenters. The highest BCUT2D eigenvalue weighted by molar-refractivity contribution is 7.98. The first-order valence-electron chi connectivity index (χ1n) is 9.18. The van der Waals surface area contributed by atoms with Gasteiger partial charge in [-0.25, -0.2) is 0 Å². The maximum Gasteiger partial charge on any atom is 0.243 e. The van der Waals surface area contributed by atoms with Crippen LogP contribution >= 0.6 is 11.8 Å². The van der Waals surface area contributed by atoms with Crippen molar-refractivity contribution in [3.8, 4) is 11.9 Å². The van der Waals surface area contributed by atoms with E-state index in [9.17, 15) is 5.26 Å². The lowest BCUT2D eigenvalue weighted by atomic mass is 9.75. The van der Waals surface area contributed by atoms with E-state index in [1.165, 1.54) is 10.5 Å². The Morgan fingerprint density at radius 3 is 2.89 bits per heavy atom. The number of ether oxygens (including phenoxy) is 1. The molecule has 0 fully saturated rings. The number of nitriles is 1. The van der Waals surface area contributed by atoms with E-state index in [1.807, 2.05) is 0 Å². The molecule has 2 heterocycles. The summed E-state index contributed by atoms with van der Waals surface area (Å²) in [5, 5.41) is 17.2. The van der Waals surface area contributed by atoms with Crippen LogP contribution in [0.2, 0.25) is 0 Å². The number of benzene rings is 1. The minimum Gasteiger partial charge on any atom is -0.420 e. The van der Waals surface area contributed by atoms with E-state index < -0.39 is 0 Å². The van der Waals surface area contributed by atoms with Gasteiger partial charge in [0.25, 0.3) is 0 Å². The van der Waals surface area contributed by atoms with E-state index in [1.54, 1.807) is 11.8 Å². The fraction of sp³-hybridized carbons (Fsp3) is 0.333. The van der Waals surface area contributed by atoms with Crippen LogP contribution in [-0.4, -0.2) is 10.2 Å². The van der Waals surface area contributed by atoms with Crippen molar-refractivity contribution in [3.63, 3.8) is 0 Å². The summed E-state index contributed by atoms with van der Waals surface area (Å²) in [5.41, 5.74) is 9.79. The average Bonchev–Trinajstić information content (AvgIpc) is 3.09. The summed E-state index contributed by atoms with van der Waals surface area (Å²) >= 11 is 1.74. The van der Waals surface area contributed by atoms with Crippen LogP contribution in [0.5, 0.6) is 5.88 Å². The van der Waals surface area contributed by atoms with Crippen LogP contribution in [0.15, 0.2) is 52.8 Å². The minimum atomic E-state index is -0.0948. The van der Waals surface area contributed by atoms with Crippen LogP contribution in [0.4, 0.5) is 0 Å². The molecule has 138 valence electrons. The molecule has 5 nitrogen and oxygen atoms in total. The molecule has 4 rings (SSSR count). The Balaban J connectivity index is 1.66. The number of nitrogens with zero attached hydrogens (tertiary/aromatic N) is 2. The van der Waals surface area contributed by atoms with Gasteiger partial charge in [-0.3, -0.25) is 5.10 Å². The highest BCUT2D eigenvalue weighted by Gasteiger charge is 2.38. The molecule has 0 spiro atoms. The lowest BCUT2D eigenvalue weighted by Crippen LogP contribution is -2.25. The van der Waals surface area contributed by atoms with Gasteiger partial charge in [-0.2, -0.15) is 5.26 Å². The number of allylic oxidation sites excluding steroid dienone is 3.